The largest absolute Gasteiger partial charge is 0.465 e. The Morgan fingerprint density at radius 2 is 2.16 bits per heavy atom. The van der Waals surface area contributed by atoms with Crippen LogP contribution < -0.4 is 0 Å². The highest BCUT2D eigenvalue weighted by Crippen LogP contribution is 2.14. The van der Waals surface area contributed by atoms with Crippen molar-refractivity contribution in [3.63, 3.8) is 0 Å². The highest BCUT2D eigenvalue weighted by Gasteiger charge is 2.20. The zero-order chi connectivity index (χ0) is 14.5. The molecule has 1 aromatic carbocycles. The van der Waals surface area contributed by atoms with Crippen molar-refractivity contribution in [1.29, 1.82) is 5.26 Å². The first-order valence-corrected chi connectivity index (χ1v) is 7.24. The first kappa shape index (κ1) is 15.1. The lowest BCUT2D eigenvalue weighted by molar-refractivity contribution is -0.139. The van der Waals surface area contributed by atoms with E-state index in [-0.39, 0.29) is 17.7 Å². The number of benzene rings is 1. The smallest absolute Gasteiger partial charge is 0.321 e. The molecule has 0 N–H and O–H groups in total. The molecular weight excluding hydrogens is 273 g/mol. The standard InChI is InChI=1S/C12H12FNO4S/c1-2-18-12(15)8-19(16,17)7-10-4-3-9(6-14)5-11(10)13/h3-5H,2,7-8H2,1H3. The topological polar surface area (TPSA) is 84.2 Å². The summed E-state index contributed by atoms with van der Waals surface area (Å²) >= 11 is 0. The Hall–Kier alpha value is -1.94. The second-order valence-electron chi connectivity index (χ2n) is 3.76. The summed E-state index contributed by atoms with van der Waals surface area (Å²) < 4.78 is 41.4. The summed E-state index contributed by atoms with van der Waals surface area (Å²) in [4.78, 5) is 11.1. The quantitative estimate of drug-likeness (QED) is 0.758. The molecule has 0 unspecified atom stereocenters. The van der Waals surface area contributed by atoms with Gasteiger partial charge in [0.2, 0.25) is 0 Å². The Morgan fingerprint density at radius 3 is 2.68 bits per heavy atom. The third-order valence-corrected chi connectivity index (χ3v) is 3.63. The van der Waals surface area contributed by atoms with Crippen LogP contribution in [0.5, 0.6) is 0 Å². The molecule has 5 nitrogen and oxygen atoms in total. The molecule has 0 amide bonds. The van der Waals surface area contributed by atoms with Gasteiger partial charge < -0.3 is 4.74 Å². The van der Waals surface area contributed by atoms with Crippen molar-refractivity contribution in [2.24, 2.45) is 0 Å². The number of sulfone groups is 1. The first-order chi connectivity index (χ1) is 8.88. The van der Waals surface area contributed by atoms with Gasteiger partial charge in [-0.2, -0.15) is 5.26 Å². The zero-order valence-corrected chi connectivity index (χ0v) is 11.0. The van der Waals surface area contributed by atoms with Gasteiger partial charge in [-0.1, -0.05) is 6.07 Å². The molecule has 0 aromatic heterocycles. The van der Waals surface area contributed by atoms with Crippen molar-refractivity contribution in [3.8, 4) is 6.07 Å². The summed E-state index contributed by atoms with van der Waals surface area (Å²) in [5, 5.41) is 8.57. The number of nitrogens with zero attached hydrogens (tertiary/aromatic N) is 1. The number of esters is 1. The Bertz CT molecular complexity index is 619. The molecule has 0 atom stereocenters. The Kier molecular flexibility index (Phi) is 5.01. The fourth-order valence-corrected chi connectivity index (χ4v) is 2.66. The van der Waals surface area contributed by atoms with Crippen LogP contribution in [0.1, 0.15) is 18.1 Å². The van der Waals surface area contributed by atoms with Crippen molar-refractivity contribution in [2.45, 2.75) is 12.7 Å². The maximum Gasteiger partial charge on any atom is 0.321 e. The van der Waals surface area contributed by atoms with E-state index in [0.29, 0.717) is 0 Å². The van der Waals surface area contributed by atoms with Gasteiger partial charge in [-0.05, 0) is 19.1 Å². The Morgan fingerprint density at radius 1 is 1.47 bits per heavy atom. The van der Waals surface area contributed by atoms with Crippen molar-refractivity contribution in [2.75, 3.05) is 12.4 Å². The van der Waals surface area contributed by atoms with Gasteiger partial charge in [-0.15, -0.1) is 0 Å². The van der Waals surface area contributed by atoms with Gasteiger partial charge in [0.05, 0.1) is 24.0 Å². The van der Waals surface area contributed by atoms with Crippen LogP contribution in [0, 0.1) is 17.1 Å². The minimum Gasteiger partial charge on any atom is -0.465 e. The molecule has 0 aliphatic rings. The summed E-state index contributed by atoms with van der Waals surface area (Å²) in [6, 6.07) is 5.23. The van der Waals surface area contributed by atoms with E-state index in [0.717, 1.165) is 6.07 Å². The molecule has 0 aliphatic heterocycles. The number of nitriles is 1. The Labute approximate surface area is 110 Å². The van der Waals surface area contributed by atoms with Gasteiger partial charge in [0.25, 0.3) is 0 Å². The number of hydrogen-bond acceptors (Lipinski definition) is 5. The summed E-state index contributed by atoms with van der Waals surface area (Å²) in [6.45, 7) is 1.64. The van der Waals surface area contributed by atoms with Gasteiger partial charge in [0.15, 0.2) is 9.84 Å². The second-order valence-corrected chi connectivity index (χ2v) is 5.82. The average molecular weight is 285 g/mol. The molecule has 0 bridgehead atoms. The Balaban J connectivity index is 2.84. The highest BCUT2D eigenvalue weighted by atomic mass is 32.2. The minimum absolute atomic E-state index is 0.0803. The lowest BCUT2D eigenvalue weighted by Crippen LogP contribution is -2.20. The van der Waals surface area contributed by atoms with E-state index in [1.54, 1.807) is 13.0 Å². The molecule has 0 saturated heterocycles. The summed E-state index contributed by atoms with van der Waals surface area (Å²) in [7, 11) is -3.80. The lowest BCUT2D eigenvalue weighted by atomic mass is 10.1. The van der Waals surface area contributed by atoms with Crippen molar-refractivity contribution >= 4 is 15.8 Å². The number of halogens is 1. The maximum absolute atomic E-state index is 13.5. The molecule has 0 fully saturated rings. The predicted octanol–water partition coefficient (Wildman–Crippen LogP) is 1.18. The molecule has 0 spiro atoms. The molecule has 102 valence electrons. The van der Waals surface area contributed by atoms with Gasteiger partial charge in [-0.25, -0.2) is 12.8 Å². The van der Waals surface area contributed by atoms with Crippen LogP contribution in [-0.2, 0) is 25.1 Å². The SMILES string of the molecule is CCOC(=O)CS(=O)(=O)Cc1ccc(C#N)cc1F. The molecule has 0 radical (unpaired) electrons. The van der Waals surface area contributed by atoms with Crippen LogP contribution in [0.2, 0.25) is 0 Å². The molecule has 1 aromatic rings. The van der Waals surface area contributed by atoms with Crippen LogP contribution in [0.3, 0.4) is 0 Å². The molecule has 0 saturated carbocycles. The van der Waals surface area contributed by atoms with Gasteiger partial charge in [-0.3, -0.25) is 4.79 Å². The maximum atomic E-state index is 13.5. The molecule has 19 heavy (non-hydrogen) atoms. The fraction of sp³-hybridized carbons (Fsp3) is 0.333. The van der Waals surface area contributed by atoms with Gasteiger partial charge in [0.1, 0.15) is 11.6 Å². The molecule has 0 heterocycles. The van der Waals surface area contributed by atoms with E-state index >= 15 is 0 Å². The molecule has 1 rings (SSSR count). The van der Waals surface area contributed by atoms with Crippen molar-refractivity contribution in [1.82, 2.24) is 0 Å². The number of carbonyl (C=O) groups excluding carboxylic acids is 1. The normalized spacial score (nSPS) is 10.8. The van der Waals surface area contributed by atoms with E-state index in [1.807, 2.05) is 0 Å². The minimum atomic E-state index is -3.80. The number of ether oxygens (including phenoxy) is 1. The third kappa shape index (κ3) is 4.67. The predicted molar refractivity (Wildman–Crippen MR) is 65.2 cm³/mol. The van der Waals surface area contributed by atoms with E-state index in [4.69, 9.17) is 5.26 Å². The van der Waals surface area contributed by atoms with Crippen LogP contribution in [0.15, 0.2) is 18.2 Å². The number of rotatable bonds is 5. The fourth-order valence-electron chi connectivity index (χ4n) is 1.40. The third-order valence-electron chi connectivity index (χ3n) is 2.20. The number of hydrogen-bond donors (Lipinski definition) is 0. The highest BCUT2D eigenvalue weighted by molar-refractivity contribution is 7.91. The van der Waals surface area contributed by atoms with Crippen molar-refractivity contribution < 1.29 is 22.3 Å². The molecule has 0 aliphatic carbocycles. The lowest BCUT2D eigenvalue weighted by Gasteiger charge is -2.05. The van der Waals surface area contributed by atoms with Gasteiger partial charge in [0, 0.05) is 5.56 Å². The van der Waals surface area contributed by atoms with Crippen LogP contribution in [0.4, 0.5) is 4.39 Å². The monoisotopic (exact) mass is 285 g/mol. The second kappa shape index (κ2) is 6.29. The number of carbonyl (C=O) groups is 1. The summed E-state index contributed by atoms with van der Waals surface area (Å²) in [5.41, 5.74) is 0.0207. The van der Waals surface area contributed by atoms with Crippen LogP contribution in [0.25, 0.3) is 0 Å². The molecule has 7 heteroatoms. The van der Waals surface area contributed by atoms with E-state index in [1.165, 1.54) is 12.1 Å². The van der Waals surface area contributed by atoms with Crippen molar-refractivity contribution in [3.05, 3.63) is 35.1 Å². The van der Waals surface area contributed by atoms with E-state index in [9.17, 15) is 17.6 Å². The van der Waals surface area contributed by atoms with E-state index < -0.39 is 33.1 Å². The van der Waals surface area contributed by atoms with E-state index in [2.05, 4.69) is 4.74 Å². The average Bonchev–Trinajstić information content (AvgIpc) is 2.31. The molecular formula is C12H12FNO4S. The van der Waals surface area contributed by atoms with Crippen LogP contribution in [-0.4, -0.2) is 26.7 Å². The zero-order valence-electron chi connectivity index (χ0n) is 10.2. The first-order valence-electron chi connectivity index (χ1n) is 5.42. The summed E-state index contributed by atoms with van der Waals surface area (Å²) in [5.74, 6) is -3.05. The van der Waals surface area contributed by atoms with Gasteiger partial charge >= 0.3 is 5.97 Å². The summed E-state index contributed by atoms with van der Waals surface area (Å²) in [6.07, 6.45) is 0. The van der Waals surface area contributed by atoms with Crippen LogP contribution >= 0.6 is 0 Å².